The van der Waals surface area contributed by atoms with Crippen LogP contribution in [0, 0.1) is 5.92 Å². The van der Waals surface area contributed by atoms with E-state index >= 15 is 0 Å². The fourth-order valence-electron chi connectivity index (χ4n) is 2.40. The Balaban J connectivity index is 2.09. The Morgan fingerprint density at radius 3 is 2.75 bits per heavy atom. The Labute approximate surface area is 98.9 Å². The quantitative estimate of drug-likeness (QED) is 0.712. The van der Waals surface area contributed by atoms with E-state index in [0.29, 0.717) is 12.7 Å². The fourth-order valence-corrected chi connectivity index (χ4v) is 3.34. The Morgan fingerprint density at radius 2 is 2.12 bits per heavy atom. The molecule has 2 aliphatic rings. The van der Waals surface area contributed by atoms with Gasteiger partial charge < -0.3 is 13.9 Å². The van der Waals surface area contributed by atoms with Crippen LogP contribution in [0.5, 0.6) is 0 Å². The maximum atomic E-state index is 6.08. The van der Waals surface area contributed by atoms with Gasteiger partial charge in [0.05, 0.1) is 18.0 Å². The zero-order valence-electron chi connectivity index (χ0n) is 10.7. The molecule has 1 heterocycles. The van der Waals surface area contributed by atoms with Crippen LogP contribution in [0.15, 0.2) is 11.8 Å². The third-order valence-corrected chi connectivity index (χ3v) is 3.92. The number of rotatable bonds is 3. The summed E-state index contributed by atoms with van der Waals surface area (Å²) in [4.78, 5) is 0. The second-order valence-electron chi connectivity index (χ2n) is 5.58. The van der Waals surface area contributed by atoms with E-state index in [9.17, 15) is 0 Å². The highest BCUT2D eigenvalue weighted by Gasteiger charge is 2.39. The summed E-state index contributed by atoms with van der Waals surface area (Å²) in [6, 6.07) is 0. The van der Waals surface area contributed by atoms with Gasteiger partial charge in [-0.25, -0.2) is 0 Å². The van der Waals surface area contributed by atoms with Crippen LogP contribution in [0.25, 0.3) is 0 Å². The van der Waals surface area contributed by atoms with Gasteiger partial charge in [-0.05, 0) is 32.1 Å². The summed E-state index contributed by atoms with van der Waals surface area (Å²) < 4.78 is 17.3. The van der Waals surface area contributed by atoms with Gasteiger partial charge in [0, 0.05) is 12.3 Å². The molecule has 4 heteroatoms. The van der Waals surface area contributed by atoms with Gasteiger partial charge in [-0.2, -0.15) is 0 Å². The van der Waals surface area contributed by atoms with Gasteiger partial charge in [-0.3, -0.25) is 0 Å². The van der Waals surface area contributed by atoms with Crippen molar-refractivity contribution >= 4 is 8.32 Å². The van der Waals surface area contributed by atoms with E-state index < -0.39 is 8.32 Å². The molecule has 0 bridgehead atoms. The van der Waals surface area contributed by atoms with Crippen LogP contribution in [0.4, 0.5) is 0 Å². The van der Waals surface area contributed by atoms with Crippen molar-refractivity contribution in [2.75, 3.05) is 6.79 Å². The lowest BCUT2D eigenvalue weighted by Gasteiger charge is -2.32. The molecule has 92 valence electrons. The first-order valence-electron chi connectivity index (χ1n) is 6.12. The van der Waals surface area contributed by atoms with Crippen molar-refractivity contribution in [3.8, 4) is 0 Å². The molecule has 16 heavy (non-hydrogen) atoms. The molecule has 1 saturated heterocycles. The molecule has 2 rings (SSSR count). The average molecular weight is 242 g/mol. The van der Waals surface area contributed by atoms with Crippen molar-refractivity contribution in [2.24, 2.45) is 5.92 Å². The summed E-state index contributed by atoms with van der Waals surface area (Å²) in [6.07, 6.45) is 4.68. The zero-order valence-corrected chi connectivity index (χ0v) is 11.7. The molecule has 1 fully saturated rings. The standard InChI is InChI=1S/C12H22O3Si/c1-5-9-6-10(15-16(2,3)4)7-11-12(9)14-8-13-11/h6,9,11-12H,5,7-8H2,1-4H3/t9?,11-,12+/m1/s1. The lowest BCUT2D eigenvalue weighted by molar-refractivity contribution is 0.0327. The molecule has 0 N–H and O–H groups in total. The van der Waals surface area contributed by atoms with E-state index in [1.165, 1.54) is 0 Å². The summed E-state index contributed by atoms with van der Waals surface area (Å²) >= 11 is 0. The third-order valence-electron chi connectivity index (χ3n) is 3.04. The minimum atomic E-state index is -1.50. The zero-order chi connectivity index (χ0) is 11.8. The normalized spacial score (nSPS) is 34.5. The Hall–Kier alpha value is -0.323. The second kappa shape index (κ2) is 4.51. The molecule has 1 aliphatic heterocycles. The molecule has 0 radical (unpaired) electrons. The molecule has 0 amide bonds. The lowest BCUT2D eigenvalue weighted by Crippen LogP contribution is -2.36. The largest absolute Gasteiger partial charge is 0.547 e. The fraction of sp³-hybridized carbons (Fsp3) is 0.833. The van der Waals surface area contributed by atoms with Crippen molar-refractivity contribution in [1.29, 1.82) is 0 Å². The van der Waals surface area contributed by atoms with Crippen LogP contribution < -0.4 is 0 Å². The Morgan fingerprint density at radius 1 is 1.38 bits per heavy atom. The molecular formula is C12H22O3Si. The summed E-state index contributed by atoms with van der Waals surface area (Å²) in [7, 11) is -1.50. The topological polar surface area (TPSA) is 27.7 Å². The van der Waals surface area contributed by atoms with Gasteiger partial charge in [-0.15, -0.1) is 0 Å². The van der Waals surface area contributed by atoms with Gasteiger partial charge in [-0.1, -0.05) is 6.92 Å². The van der Waals surface area contributed by atoms with E-state index in [1.54, 1.807) is 0 Å². The van der Waals surface area contributed by atoms with Crippen molar-refractivity contribution in [2.45, 2.75) is 51.6 Å². The number of fused-ring (bicyclic) bond motifs is 1. The second-order valence-corrected chi connectivity index (χ2v) is 10.0. The van der Waals surface area contributed by atoms with E-state index in [1.807, 2.05) is 0 Å². The summed E-state index contributed by atoms with van der Waals surface area (Å²) in [5.74, 6) is 1.57. The van der Waals surface area contributed by atoms with Gasteiger partial charge in [0.15, 0.2) is 0 Å². The van der Waals surface area contributed by atoms with Crippen LogP contribution in [0.2, 0.25) is 19.6 Å². The van der Waals surface area contributed by atoms with E-state index in [2.05, 4.69) is 32.6 Å². The van der Waals surface area contributed by atoms with Gasteiger partial charge >= 0.3 is 0 Å². The molecule has 0 spiro atoms. The van der Waals surface area contributed by atoms with E-state index in [-0.39, 0.29) is 12.2 Å². The molecule has 3 atom stereocenters. The maximum absolute atomic E-state index is 6.08. The molecule has 3 nitrogen and oxygen atoms in total. The smallest absolute Gasteiger partial charge is 0.241 e. The predicted octanol–water partition coefficient (Wildman–Crippen LogP) is 2.89. The predicted molar refractivity (Wildman–Crippen MR) is 65.5 cm³/mol. The molecular weight excluding hydrogens is 220 g/mol. The monoisotopic (exact) mass is 242 g/mol. The van der Waals surface area contributed by atoms with Crippen molar-refractivity contribution in [1.82, 2.24) is 0 Å². The first kappa shape index (κ1) is 12.1. The molecule has 0 saturated carbocycles. The van der Waals surface area contributed by atoms with Crippen LogP contribution in [-0.2, 0) is 13.9 Å². The number of hydrogen-bond donors (Lipinski definition) is 0. The molecule has 0 aromatic heterocycles. The summed E-state index contributed by atoms with van der Waals surface area (Å²) in [5.41, 5.74) is 0. The Kier molecular flexibility index (Phi) is 3.42. The van der Waals surface area contributed by atoms with E-state index in [0.717, 1.165) is 18.6 Å². The number of hydrogen-bond acceptors (Lipinski definition) is 3. The minimum Gasteiger partial charge on any atom is -0.547 e. The SMILES string of the molecule is CCC1C=C(O[Si](C)(C)C)C[C@H]2OCO[C@@H]12. The molecule has 1 unspecified atom stereocenters. The van der Waals surface area contributed by atoms with Gasteiger partial charge in [0.2, 0.25) is 8.32 Å². The van der Waals surface area contributed by atoms with Gasteiger partial charge in [0.1, 0.15) is 6.79 Å². The van der Waals surface area contributed by atoms with E-state index in [4.69, 9.17) is 13.9 Å². The third kappa shape index (κ3) is 2.67. The van der Waals surface area contributed by atoms with Crippen LogP contribution in [0.1, 0.15) is 19.8 Å². The Bertz CT molecular complexity index is 282. The van der Waals surface area contributed by atoms with Crippen molar-refractivity contribution in [3.05, 3.63) is 11.8 Å². The number of ether oxygens (including phenoxy) is 2. The van der Waals surface area contributed by atoms with Crippen molar-refractivity contribution < 1.29 is 13.9 Å². The van der Waals surface area contributed by atoms with Gasteiger partial charge in [0.25, 0.3) is 0 Å². The molecule has 0 aromatic carbocycles. The highest BCUT2D eigenvalue weighted by atomic mass is 28.4. The van der Waals surface area contributed by atoms with Crippen LogP contribution >= 0.6 is 0 Å². The summed E-state index contributed by atoms with van der Waals surface area (Å²) in [6.45, 7) is 9.28. The average Bonchev–Trinajstić information content (AvgIpc) is 2.61. The minimum absolute atomic E-state index is 0.210. The highest BCUT2D eigenvalue weighted by molar-refractivity contribution is 6.70. The molecule has 1 aliphatic carbocycles. The molecule has 0 aromatic rings. The van der Waals surface area contributed by atoms with Crippen LogP contribution in [0.3, 0.4) is 0 Å². The van der Waals surface area contributed by atoms with Crippen LogP contribution in [-0.4, -0.2) is 27.3 Å². The summed E-state index contributed by atoms with van der Waals surface area (Å²) in [5, 5.41) is 0. The highest BCUT2D eigenvalue weighted by Crippen LogP contribution is 2.35. The maximum Gasteiger partial charge on any atom is 0.241 e. The first-order chi connectivity index (χ1) is 7.49. The first-order valence-corrected chi connectivity index (χ1v) is 9.53. The van der Waals surface area contributed by atoms with Crippen molar-refractivity contribution in [3.63, 3.8) is 0 Å². The lowest BCUT2D eigenvalue weighted by atomic mass is 9.87.